The molecule has 0 radical (unpaired) electrons. The van der Waals surface area contributed by atoms with Gasteiger partial charge in [-0.25, -0.2) is 14.4 Å². The van der Waals surface area contributed by atoms with Crippen LogP contribution in [0, 0.1) is 0 Å². The number of methoxy groups -OCH3 is 6. The SMILES string of the molecule is C.C.CCOC(=O)NC(=O)CCc1ccc(Oc2ccc(/C(=C\c3cc(OC)cc(OC)c3)C(=O)OC)cc2)cc1.COC(=O)/C(=C/c1cc(OC)cc(OC)c1)c1ccc(Oc2ccc(CCC(N)=O)cc2)cc1. The Kier molecular flexibility index (Phi) is 24.7. The van der Waals surface area contributed by atoms with Crippen LogP contribution >= 0.6 is 0 Å². The van der Waals surface area contributed by atoms with E-state index in [0.29, 0.717) is 93.1 Å². The van der Waals surface area contributed by atoms with Crippen molar-refractivity contribution in [2.45, 2.75) is 47.5 Å². The largest absolute Gasteiger partial charge is 0.497 e. The second-order valence-corrected chi connectivity index (χ2v) is 15.7. The molecule has 396 valence electrons. The van der Waals surface area contributed by atoms with Crippen molar-refractivity contribution in [2.75, 3.05) is 49.3 Å². The van der Waals surface area contributed by atoms with Crippen LogP contribution in [0.3, 0.4) is 0 Å². The number of carbonyl (C=O) groups excluding carboxylic acids is 5. The van der Waals surface area contributed by atoms with E-state index >= 15 is 0 Å². The van der Waals surface area contributed by atoms with Gasteiger partial charge in [0.05, 0.1) is 60.4 Å². The van der Waals surface area contributed by atoms with Crippen LogP contribution in [0.2, 0.25) is 0 Å². The Labute approximate surface area is 438 Å². The number of hydrogen-bond donors (Lipinski definition) is 2. The van der Waals surface area contributed by atoms with Crippen molar-refractivity contribution in [3.05, 3.63) is 167 Å². The third kappa shape index (κ3) is 19.1. The van der Waals surface area contributed by atoms with Gasteiger partial charge in [0.2, 0.25) is 11.8 Å². The molecule has 6 aromatic rings. The van der Waals surface area contributed by atoms with Crippen molar-refractivity contribution >= 4 is 53.1 Å². The summed E-state index contributed by atoms with van der Waals surface area (Å²) in [4.78, 5) is 59.2. The molecule has 0 saturated heterocycles. The normalized spacial score (nSPS) is 10.6. The number of primary amides is 1. The van der Waals surface area contributed by atoms with Gasteiger partial charge >= 0.3 is 18.0 Å². The number of hydrogen-bond acceptors (Lipinski definition) is 14. The molecule has 6 aromatic carbocycles. The molecule has 6 rings (SSSR count). The van der Waals surface area contributed by atoms with E-state index in [4.69, 9.17) is 48.4 Å². The predicted molar refractivity (Wildman–Crippen MR) is 289 cm³/mol. The zero-order valence-electron chi connectivity index (χ0n) is 41.7. The van der Waals surface area contributed by atoms with E-state index in [-0.39, 0.29) is 33.8 Å². The van der Waals surface area contributed by atoms with Crippen LogP contribution < -0.4 is 39.5 Å². The van der Waals surface area contributed by atoms with Crippen molar-refractivity contribution in [3.8, 4) is 46.0 Å². The van der Waals surface area contributed by atoms with Gasteiger partial charge in [-0.2, -0.15) is 0 Å². The fourth-order valence-corrected chi connectivity index (χ4v) is 6.89. The molecule has 0 aliphatic carbocycles. The number of imide groups is 1. The number of rotatable bonds is 21. The van der Waals surface area contributed by atoms with Gasteiger partial charge in [0.25, 0.3) is 0 Å². The zero-order valence-corrected chi connectivity index (χ0v) is 41.7. The van der Waals surface area contributed by atoms with Gasteiger partial charge in [0, 0.05) is 25.0 Å². The Morgan fingerprint density at radius 3 is 1.11 bits per heavy atom. The van der Waals surface area contributed by atoms with Crippen molar-refractivity contribution < 1.29 is 66.6 Å². The Balaban J connectivity index is 0.000000388. The van der Waals surface area contributed by atoms with E-state index in [1.165, 1.54) is 14.2 Å². The molecule has 0 fully saturated rings. The molecule has 0 aliphatic rings. The van der Waals surface area contributed by atoms with Crippen LogP contribution in [0.25, 0.3) is 23.3 Å². The van der Waals surface area contributed by atoms with Crippen LogP contribution in [0.1, 0.15) is 68.0 Å². The Morgan fingerprint density at radius 1 is 0.467 bits per heavy atom. The van der Waals surface area contributed by atoms with Gasteiger partial charge in [0.15, 0.2) is 0 Å². The van der Waals surface area contributed by atoms with Crippen molar-refractivity contribution in [1.82, 2.24) is 5.32 Å². The molecule has 0 bridgehead atoms. The van der Waals surface area contributed by atoms with Gasteiger partial charge in [-0.3, -0.25) is 14.9 Å². The lowest BCUT2D eigenvalue weighted by atomic mass is 10.0. The van der Waals surface area contributed by atoms with E-state index in [1.54, 1.807) is 145 Å². The fraction of sp³-hybridized carbons (Fsp3) is 0.237. The molecule has 0 spiro atoms. The smallest absolute Gasteiger partial charge is 0.413 e. The van der Waals surface area contributed by atoms with Crippen LogP contribution in [0.15, 0.2) is 133 Å². The highest BCUT2D eigenvalue weighted by molar-refractivity contribution is 6.22. The minimum absolute atomic E-state index is 0. The minimum Gasteiger partial charge on any atom is -0.497 e. The number of nitrogens with two attached hydrogens (primary N) is 1. The van der Waals surface area contributed by atoms with Gasteiger partial charge in [-0.1, -0.05) is 63.4 Å². The first-order valence-electron chi connectivity index (χ1n) is 22.8. The van der Waals surface area contributed by atoms with E-state index in [0.717, 1.165) is 16.7 Å². The number of benzene rings is 6. The van der Waals surface area contributed by atoms with Crippen LogP contribution in [-0.4, -0.2) is 79.1 Å². The first-order valence-corrected chi connectivity index (χ1v) is 22.8. The summed E-state index contributed by atoms with van der Waals surface area (Å²) in [5, 5.41) is 2.17. The predicted octanol–water partition coefficient (Wildman–Crippen LogP) is 11.3. The second-order valence-electron chi connectivity index (χ2n) is 15.7. The van der Waals surface area contributed by atoms with Gasteiger partial charge in [-0.15, -0.1) is 0 Å². The lowest BCUT2D eigenvalue weighted by Crippen LogP contribution is -2.31. The second kappa shape index (κ2) is 30.7. The number of ether oxygens (including phenoxy) is 9. The molecular formula is C59H66N2O14. The van der Waals surface area contributed by atoms with Crippen molar-refractivity contribution in [3.63, 3.8) is 0 Å². The summed E-state index contributed by atoms with van der Waals surface area (Å²) in [7, 11) is 8.92. The average Bonchev–Trinajstić information content (AvgIpc) is 3.41. The topological polar surface area (TPSA) is 206 Å². The van der Waals surface area contributed by atoms with Crippen LogP contribution in [0.5, 0.6) is 46.0 Å². The summed E-state index contributed by atoms with van der Waals surface area (Å²) >= 11 is 0. The van der Waals surface area contributed by atoms with Crippen LogP contribution in [0.4, 0.5) is 4.79 Å². The maximum absolute atomic E-state index is 12.6. The maximum atomic E-state index is 12.6. The molecular weight excluding hydrogens is 961 g/mol. The van der Waals surface area contributed by atoms with E-state index < -0.39 is 23.9 Å². The highest BCUT2D eigenvalue weighted by atomic mass is 16.6. The van der Waals surface area contributed by atoms with Gasteiger partial charge < -0.3 is 48.4 Å². The van der Waals surface area contributed by atoms with Crippen molar-refractivity contribution in [2.24, 2.45) is 5.73 Å². The minimum atomic E-state index is -0.744. The Bertz CT molecular complexity index is 2830. The van der Waals surface area contributed by atoms with E-state index in [2.05, 4.69) is 5.32 Å². The summed E-state index contributed by atoms with van der Waals surface area (Å²) in [6.45, 7) is 1.87. The first-order chi connectivity index (χ1) is 35.3. The summed E-state index contributed by atoms with van der Waals surface area (Å²) in [6.07, 6.45) is 4.19. The number of esters is 2. The highest BCUT2D eigenvalue weighted by Crippen LogP contribution is 2.31. The number of amides is 3. The zero-order chi connectivity index (χ0) is 52.7. The molecule has 0 atom stereocenters. The highest BCUT2D eigenvalue weighted by Gasteiger charge is 2.16. The molecule has 75 heavy (non-hydrogen) atoms. The molecule has 16 nitrogen and oxygen atoms in total. The Morgan fingerprint density at radius 2 is 0.800 bits per heavy atom. The molecule has 3 N–H and O–H groups in total. The third-order valence-electron chi connectivity index (χ3n) is 10.6. The van der Waals surface area contributed by atoms with E-state index in [9.17, 15) is 24.0 Å². The standard InChI is InChI=1S/C30H31NO8.C27H27NO6.2CH4/c1-5-38-30(34)31-28(32)15-8-20-6-11-23(12-7-20)39-24-13-9-22(10-14-24)27(29(33)37-4)18-21-16-25(35-2)19-26(17-21)36-3;1-31-23-14-19(15-24(17-23)32-2)16-25(27(30)33-3)20-7-11-22(12-8-20)34-21-9-4-18(5-10-21)6-13-26(28)29;;/h6-7,9-14,16-19H,5,8,15H2,1-4H3,(H,31,32,34);4-5,7-12,14-17H,6,13H2,1-3H3,(H2,28,29);2*1H4/b27-18+;25-16+;;. The summed E-state index contributed by atoms with van der Waals surface area (Å²) < 4.78 is 47.8. The molecule has 0 saturated carbocycles. The van der Waals surface area contributed by atoms with Crippen molar-refractivity contribution in [1.29, 1.82) is 0 Å². The molecule has 0 unspecified atom stereocenters. The molecule has 0 aromatic heterocycles. The molecule has 16 heteroatoms. The summed E-state index contributed by atoms with van der Waals surface area (Å²) in [6, 6.07) is 39.6. The summed E-state index contributed by atoms with van der Waals surface area (Å²) in [5.74, 6) is 3.17. The maximum Gasteiger partial charge on any atom is 0.413 e. The fourth-order valence-electron chi connectivity index (χ4n) is 6.89. The molecule has 3 amide bonds. The lowest BCUT2D eigenvalue weighted by Gasteiger charge is -2.11. The third-order valence-corrected chi connectivity index (χ3v) is 10.6. The van der Waals surface area contributed by atoms with E-state index in [1.807, 2.05) is 36.4 Å². The van der Waals surface area contributed by atoms with Gasteiger partial charge in [-0.05, 0) is 138 Å². The molecule has 0 aliphatic heterocycles. The quantitative estimate of drug-likeness (QED) is 0.0298. The Hall–Kier alpha value is -9.05. The summed E-state index contributed by atoms with van der Waals surface area (Å²) in [5.41, 5.74) is 10.6. The lowest BCUT2D eigenvalue weighted by molar-refractivity contribution is -0.134. The number of carbonyl (C=O) groups is 5. The first kappa shape index (κ1) is 60.3. The number of nitrogens with one attached hydrogen (secondary N) is 1. The number of alkyl carbamates (subject to hydrolysis) is 1. The molecule has 0 heterocycles. The van der Waals surface area contributed by atoms with Gasteiger partial charge in [0.1, 0.15) is 46.0 Å². The van der Waals surface area contributed by atoms with Crippen LogP contribution in [-0.2, 0) is 46.2 Å². The average molecular weight is 1030 g/mol. The monoisotopic (exact) mass is 1030 g/mol. The number of aryl methyl sites for hydroxylation is 2.